The average molecular weight is 583 g/mol. The summed E-state index contributed by atoms with van der Waals surface area (Å²) in [4.78, 5) is 15.8. The smallest absolute Gasteiger partial charge is 0.261 e. The van der Waals surface area contributed by atoms with Crippen molar-refractivity contribution in [3.8, 4) is 5.75 Å². The van der Waals surface area contributed by atoms with Gasteiger partial charge < -0.3 is 19.1 Å². The van der Waals surface area contributed by atoms with Crippen LogP contribution in [0.4, 0.5) is 5.69 Å². The minimum absolute atomic E-state index is 0.0690. The first-order chi connectivity index (χ1) is 19.5. The Morgan fingerprint density at radius 2 is 2.08 bits per heavy atom. The van der Waals surface area contributed by atoms with Crippen LogP contribution < -0.4 is 14.4 Å². The van der Waals surface area contributed by atoms with Crippen molar-refractivity contribution in [1.29, 1.82) is 0 Å². The molecule has 1 saturated heterocycles. The number of nitrogens with one attached hydrogen (secondary N) is 1. The zero-order valence-corrected chi connectivity index (χ0v) is 24.8. The van der Waals surface area contributed by atoms with Gasteiger partial charge in [-0.25, -0.2) is 0 Å². The Hall–Kier alpha value is -1.93. The number of benzene rings is 2. The van der Waals surface area contributed by atoms with Crippen LogP contribution in [-0.4, -0.2) is 56.3 Å². The van der Waals surface area contributed by atoms with Crippen LogP contribution in [0.15, 0.2) is 36.4 Å². The molecule has 3 aliphatic heterocycles. The van der Waals surface area contributed by atoms with Crippen molar-refractivity contribution in [2.45, 2.75) is 75.6 Å². The summed E-state index contributed by atoms with van der Waals surface area (Å²) in [6.07, 6.45) is 8.11. The maximum absolute atomic E-state index is 13.2. The van der Waals surface area contributed by atoms with Gasteiger partial charge in [-0.1, -0.05) is 17.7 Å². The fourth-order valence-electron chi connectivity index (χ4n) is 7.72. The normalized spacial score (nSPS) is 34.0. The first kappa shape index (κ1) is 26.9. The lowest BCUT2D eigenvalue weighted by atomic mass is 9.67. The van der Waals surface area contributed by atoms with E-state index < -0.39 is 0 Å². The molecule has 40 heavy (non-hydrogen) atoms. The van der Waals surface area contributed by atoms with E-state index in [1.165, 1.54) is 35.9 Å². The van der Waals surface area contributed by atoms with Crippen LogP contribution >= 0.6 is 23.5 Å². The fraction of sp³-hybridized carbons (Fsp3) is 0.594. The molecule has 1 amide bonds. The van der Waals surface area contributed by atoms with E-state index in [9.17, 15) is 4.79 Å². The molecule has 2 aromatic carbocycles. The molecular weight excluding hydrogens is 544 g/mol. The third kappa shape index (κ3) is 5.12. The summed E-state index contributed by atoms with van der Waals surface area (Å²) in [5.74, 6) is 2.59. The first-order valence-corrected chi connectivity index (χ1v) is 16.3. The second kappa shape index (κ2) is 11.0. The highest BCUT2D eigenvalue weighted by molar-refractivity contribution is 7.98. The number of amides is 1. The molecule has 2 aromatic rings. The van der Waals surface area contributed by atoms with Gasteiger partial charge in [-0.3, -0.25) is 9.52 Å². The van der Waals surface area contributed by atoms with Crippen LogP contribution in [0.2, 0.25) is 5.02 Å². The van der Waals surface area contributed by atoms with E-state index in [0.29, 0.717) is 29.8 Å². The van der Waals surface area contributed by atoms with Crippen LogP contribution in [0.1, 0.15) is 66.9 Å². The third-order valence-corrected chi connectivity index (χ3v) is 11.1. The van der Waals surface area contributed by atoms with Gasteiger partial charge >= 0.3 is 0 Å². The molecule has 1 saturated carbocycles. The largest absolute Gasteiger partial charge is 0.490 e. The maximum Gasteiger partial charge on any atom is 0.261 e. The minimum atomic E-state index is -0.119. The molecule has 1 spiro atoms. The van der Waals surface area contributed by atoms with Crippen molar-refractivity contribution in [2.75, 3.05) is 37.0 Å². The third-order valence-electron chi connectivity index (χ3n) is 9.88. The van der Waals surface area contributed by atoms with Crippen LogP contribution in [0, 0.1) is 11.8 Å². The zero-order chi connectivity index (χ0) is 27.3. The van der Waals surface area contributed by atoms with E-state index in [0.717, 1.165) is 68.3 Å². The fourth-order valence-corrected chi connectivity index (χ4v) is 8.56. The molecule has 2 fully saturated rings. The van der Waals surface area contributed by atoms with Crippen molar-refractivity contribution in [3.05, 3.63) is 58.1 Å². The monoisotopic (exact) mass is 582 g/mol. The highest BCUT2D eigenvalue weighted by Crippen LogP contribution is 2.47. The summed E-state index contributed by atoms with van der Waals surface area (Å²) >= 11 is 7.85. The predicted octanol–water partition coefficient (Wildman–Crippen LogP) is 6.18. The highest BCUT2D eigenvalue weighted by Gasteiger charge is 2.45. The molecule has 5 aliphatic rings. The molecule has 1 N–H and O–H groups in total. The van der Waals surface area contributed by atoms with Crippen molar-refractivity contribution in [2.24, 2.45) is 11.8 Å². The van der Waals surface area contributed by atoms with E-state index >= 15 is 0 Å². The van der Waals surface area contributed by atoms with Gasteiger partial charge in [0.1, 0.15) is 5.75 Å². The Balaban J connectivity index is 1.26. The molecule has 8 heteroatoms. The Morgan fingerprint density at radius 3 is 2.95 bits per heavy atom. The van der Waals surface area contributed by atoms with E-state index in [4.69, 9.17) is 25.8 Å². The molecular formula is C32H39ClN2O4S. The van der Waals surface area contributed by atoms with Crippen molar-refractivity contribution < 1.29 is 19.0 Å². The number of carbonyl (C=O) groups excluding carboxylic acids is 1. The molecule has 0 unspecified atom stereocenters. The molecule has 214 valence electrons. The highest BCUT2D eigenvalue weighted by atomic mass is 35.5. The summed E-state index contributed by atoms with van der Waals surface area (Å²) in [6, 6.07) is 12.3. The summed E-state index contributed by atoms with van der Waals surface area (Å²) in [6.45, 7) is 5.30. The number of rotatable bonds is 0. The van der Waals surface area contributed by atoms with Gasteiger partial charge in [0.2, 0.25) is 0 Å². The second-order valence-corrected chi connectivity index (χ2v) is 13.8. The average Bonchev–Trinajstić information content (AvgIpc) is 3.07. The number of nitrogens with zero attached hydrogens (tertiary/aromatic N) is 1. The van der Waals surface area contributed by atoms with Crippen LogP contribution in [0.3, 0.4) is 0 Å². The summed E-state index contributed by atoms with van der Waals surface area (Å²) in [5.41, 5.74) is 4.29. The lowest BCUT2D eigenvalue weighted by Gasteiger charge is -2.48. The molecule has 6 atom stereocenters. The van der Waals surface area contributed by atoms with E-state index in [2.05, 4.69) is 28.7 Å². The van der Waals surface area contributed by atoms with Crippen LogP contribution in [0.25, 0.3) is 0 Å². The topological polar surface area (TPSA) is 60.0 Å². The molecule has 7 rings (SSSR count). The van der Waals surface area contributed by atoms with Gasteiger partial charge in [-0.05, 0) is 111 Å². The van der Waals surface area contributed by atoms with Crippen molar-refractivity contribution >= 4 is 35.1 Å². The SMILES string of the molecule is C[C@H]1CSNC(=O)c2ccc3c(c2)N(C[C@@H]2CC[C@H]2[C@@H]2C[C@H](CCO2)O1)C[C@@]1(CCCc2cc(Cl)ccc21)CO3. The van der Waals surface area contributed by atoms with E-state index in [1.807, 2.05) is 24.3 Å². The van der Waals surface area contributed by atoms with E-state index in [-0.39, 0.29) is 29.6 Å². The standard InChI is InChI=1S/C32H39ClN2O4S/c1-20-17-40-34-31(36)22-5-9-29-28(14-22)35(16-23-4-7-26(23)30-15-25(39-20)10-12-37-30)18-32(19-38-29)11-2-3-21-13-24(33)6-8-27(21)32/h5-6,8-9,13-14,20,23,25-26,30H,2-4,7,10-12,15-19H2,1H3,(H,34,36)/t20-,23-,25-,26+,30-,32-/m0/s1. The summed E-state index contributed by atoms with van der Waals surface area (Å²) in [5, 5.41) is 0.800. The summed E-state index contributed by atoms with van der Waals surface area (Å²) in [7, 11) is 0. The van der Waals surface area contributed by atoms with Gasteiger partial charge in [0.05, 0.1) is 30.6 Å². The molecule has 4 bridgehead atoms. The first-order valence-electron chi connectivity index (χ1n) is 15.0. The lowest BCUT2D eigenvalue weighted by Crippen LogP contribution is -2.51. The number of ether oxygens (including phenoxy) is 3. The predicted molar refractivity (Wildman–Crippen MR) is 160 cm³/mol. The number of anilines is 1. The second-order valence-electron chi connectivity index (χ2n) is 12.5. The van der Waals surface area contributed by atoms with Gasteiger partial charge in [0.25, 0.3) is 5.91 Å². The molecule has 6 nitrogen and oxygen atoms in total. The van der Waals surface area contributed by atoms with Crippen molar-refractivity contribution in [3.63, 3.8) is 0 Å². The summed E-state index contributed by atoms with van der Waals surface area (Å²) < 4.78 is 22.5. The van der Waals surface area contributed by atoms with Crippen molar-refractivity contribution in [1.82, 2.24) is 4.72 Å². The zero-order valence-electron chi connectivity index (χ0n) is 23.2. The number of hydrogen-bond acceptors (Lipinski definition) is 6. The lowest BCUT2D eigenvalue weighted by molar-refractivity contribution is -0.126. The van der Waals surface area contributed by atoms with Gasteiger partial charge in [-0.2, -0.15) is 0 Å². The van der Waals surface area contributed by atoms with Gasteiger partial charge in [0.15, 0.2) is 0 Å². The van der Waals surface area contributed by atoms with Gasteiger partial charge in [0, 0.05) is 47.9 Å². The molecule has 0 radical (unpaired) electrons. The number of hydrogen-bond donors (Lipinski definition) is 1. The molecule has 3 heterocycles. The number of halogens is 1. The van der Waals surface area contributed by atoms with Crippen LogP contribution in [0.5, 0.6) is 5.75 Å². The number of carbonyl (C=O) groups is 1. The van der Waals surface area contributed by atoms with Gasteiger partial charge in [-0.15, -0.1) is 0 Å². The van der Waals surface area contributed by atoms with Crippen LogP contribution in [-0.2, 0) is 21.3 Å². The Morgan fingerprint density at radius 1 is 1.15 bits per heavy atom. The Labute approximate surface area is 246 Å². The number of fused-ring (bicyclic) bond motifs is 7. The Kier molecular flexibility index (Phi) is 7.44. The minimum Gasteiger partial charge on any atom is -0.490 e. The quantitative estimate of drug-likeness (QED) is 0.374. The van der Waals surface area contributed by atoms with E-state index in [1.54, 1.807) is 0 Å². The maximum atomic E-state index is 13.2. The molecule has 2 aliphatic carbocycles. The Bertz CT molecular complexity index is 1280. The molecule has 0 aromatic heterocycles. The number of aryl methyl sites for hydroxylation is 1.